The normalized spacial score (nSPS) is 17.1. The minimum Gasteiger partial charge on any atom is -0.476 e. The number of benzene rings is 2. The molecule has 0 unspecified atom stereocenters. The van der Waals surface area contributed by atoms with Gasteiger partial charge in [-0.05, 0) is 55.3 Å². The Morgan fingerprint density at radius 3 is 2.57 bits per heavy atom. The summed E-state index contributed by atoms with van der Waals surface area (Å²) in [5.74, 6) is 0.300. The maximum absolute atomic E-state index is 13.2. The van der Waals surface area contributed by atoms with E-state index in [0.717, 1.165) is 11.1 Å². The largest absolute Gasteiger partial charge is 0.476 e. The van der Waals surface area contributed by atoms with Gasteiger partial charge in [0.25, 0.3) is 0 Å². The maximum Gasteiger partial charge on any atom is 0.245 e. The fourth-order valence-corrected chi connectivity index (χ4v) is 4.12. The Kier molecular flexibility index (Phi) is 7.20. The topological polar surface area (TPSA) is 121 Å². The van der Waals surface area contributed by atoms with E-state index >= 15 is 0 Å². The minimum absolute atomic E-state index is 0.171. The highest BCUT2D eigenvalue weighted by molar-refractivity contribution is 5.95. The van der Waals surface area contributed by atoms with Crippen LogP contribution < -0.4 is 20.7 Å². The van der Waals surface area contributed by atoms with Crippen LogP contribution >= 0.6 is 0 Å². The summed E-state index contributed by atoms with van der Waals surface area (Å²) < 4.78 is 18.9. The Morgan fingerprint density at radius 1 is 1.08 bits per heavy atom. The number of β-amino-alcohol motifs (C(OH)–C–C–N with tert-alkyl or cyclic N) is 1. The van der Waals surface area contributed by atoms with Crippen LogP contribution in [0.3, 0.4) is 0 Å². The summed E-state index contributed by atoms with van der Waals surface area (Å²) in [5, 5.41) is 18.7. The summed E-state index contributed by atoms with van der Waals surface area (Å²) in [7, 11) is 0. The van der Waals surface area contributed by atoms with Crippen molar-refractivity contribution in [3.63, 3.8) is 0 Å². The SMILES string of the molecule is CCOc1nc(NCc2ccc(F)cc2)nc2ccc(-c3ccc(NC(=O)[C@@H]4C[C@@H](O)CN4)cc3)nc12. The molecule has 190 valence electrons. The van der Waals surface area contributed by atoms with Gasteiger partial charge in [-0.25, -0.2) is 14.4 Å². The first kappa shape index (κ1) is 24.5. The molecule has 10 heteroatoms. The number of aliphatic hydroxyl groups is 1. The number of aromatic nitrogens is 3. The molecule has 0 radical (unpaired) electrons. The zero-order valence-electron chi connectivity index (χ0n) is 20.2. The van der Waals surface area contributed by atoms with Crippen LogP contribution in [0.1, 0.15) is 18.9 Å². The van der Waals surface area contributed by atoms with Crippen molar-refractivity contribution in [3.05, 3.63) is 72.0 Å². The van der Waals surface area contributed by atoms with Gasteiger partial charge in [0, 0.05) is 24.3 Å². The molecule has 5 rings (SSSR count). The van der Waals surface area contributed by atoms with Crippen LogP contribution in [0.5, 0.6) is 5.88 Å². The lowest BCUT2D eigenvalue weighted by molar-refractivity contribution is -0.117. The van der Waals surface area contributed by atoms with Crippen molar-refractivity contribution < 1.29 is 19.0 Å². The summed E-state index contributed by atoms with van der Waals surface area (Å²) in [6.07, 6.45) is -0.0946. The lowest BCUT2D eigenvalue weighted by Crippen LogP contribution is -2.35. The van der Waals surface area contributed by atoms with Crippen LogP contribution in [0.15, 0.2) is 60.7 Å². The zero-order chi connectivity index (χ0) is 25.8. The Morgan fingerprint density at radius 2 is 1.86 bits per heavy atom. The molecule has 2 aromatic heterocycles. The average molecular weight is 503 g/mol. The Balaban J connectivity index is 1.33. The molecule has 37 heavy (non-hydrogen) atoms. The third-order valence-electron chi connectivity index (χ3n) is 6.03. The third-order valence-corrected chi connectivity index (χ3v) is 6.03. The van der Waals surface area contributed by atoms with Crippen molar-refractivity contribution in [1.82, 2.24) is 20.3 Å². The number of anilines is 2. The number of nitrogens with zero attached hydrogens (tertiary/aromatic N) is 3. The van der Waals surface area contributed by atoms with E-state index in [1.54, 1.807) is 12.1 Å². The monoisotopic (exact) mass is 502 g/mol. The van der Waals surface area contributed by atoms with Gasteiger partial charge in [0.2, 0.25) is 17.7 Å². The quantitative estimate of drug-likeness (QED) is 0.289. The summed E-state index contributed by atoms with van der Waals surface area (Å²) >= 11 is 0. The highest BCUT2D eigenvalue weighted by Crippen LogP contribution is 2.27. The second kappa shape index (κ2) is 10.9. The fourth-order valence-electron chi connectivity index (χ4n) is 4.12. The average Bonchev–Trinajstić information content (AvgIpc) is 3.35. The minimum atomic E-state index is -0.496. The fraction of sp³-hybridized carbons (Fsp3) is 0.259. The third kappa shape index (κ3) is 5.82. The van der Waals surface area contributed by atoms with Crippen molar-refractivity contribution in [1.29, 1.82) is 0 Å². The molecule has 1 amide bonds. The van der Waals surface area contributed by atoms with Crippen LogP contribution in [0.25, 0.3) is 22.3 Å². The van der Waals surface area contributed by atoms with Crippen molar-refractivity contribution in [2.24, 2.45) is 0 Å². The summed E-state index contributed by atoms with van der Waals surface area (Å²) in [5.41, 5.74) is 4.29. The van der Waals surface area contributed by atoms with Crippen molar-refractivity contribution in [2.45, 2.75) is 32.0 Å². The van der Waals surface area contributed by atoms with E-state index in [1.165, 1.54) is 12.1 Å². The number of fused-ring (bicyclic) bond motifs is 1. The number of pyridine rings is 1. The second-order valence-corrected chi connectivity index (χ2v) is 8.75. The predicted octanol–water partition coefficient (Wildman–Crippen LogP) is 3.50. The van der Waals surface area contributed by atoms with E-state index < -0.39 is 12.1 Å². The molecular formula is C27H27FN6O3. The Bertz CT molecular complexity index is 1400. The van der Waals surface area contributed by atoms with Crippen LogP contribution in [0.4, 0.5) is 16.0 Å². The van der Waals surface area contributed by atoms with Crippen molar-refractivity contribution in [2.75, 3.05) is 23.8 Å². The van der Waals surface area contributed by atoms with Crippen LogP contribution in [0.2, 0.25) is 0 Å². The highest BCUT2D eigenvalue weighted by Gasteiger charge is 2.28. The van der Waals surface area contributed by atoms with E-state index in [9.17, 15) is 14.3 Å². The Labute approximate surface area is 213 Å². The van der Waals surface area contributed by atoms with Crippen molar-refractivity contribution >= 4 is 28.6 Å². The number of aliphatic hydroxyl groups excluding tert-OH is 1. The molecule has 2 aromatic carbocycles. The number of rotatable bonds is 8. The molecule has 1 aliphatic rings. The van der Waals surface area contributed by atoms with Gasteiger partial charge >= 0.3 is 0 Å². The standard InChI is InChI=1S/C27H27FN6O3/c1-2-37-26-24-22(33-27(34-26)30-14-16-3-7-18(28)8-4-16)12-11-21(32-24)17-5-9-19(10-6-17)31-25(36)23-13-20(35)15-29-23/h3-12,20,23,29,35H,2,13-15H2,1H3,(H,31,36)(H,30,33,34)/t20-,23+/m1/s1. The van der Waals surface area contributed by atoms with E-state index in [2.05, 4.69) is 25.9 Å². The van der Waals surface area contributed by atoms with Crippen molar-refractivity contribution in [3.8, 4) is 17.1 Å². The number of hydrogen-bond acceptors (Lipinski definition) is 8. The first-order valence-electron chi connectivity index (χ1n) is 12.1. The Hall–Kier alpha value is -4.15. The second-order valence-electron chi connectivity index (χ2n) is 8.75. The van der Waals surface area contributed by atoms with Gasteiger partial charge in [-0.15, -0.1) is 0 Å². The molecular weight excluding hydrogens is 475 g/mol. The van der Waals surface area contributed by atoms with Gasteiger partial charge in [-0.1, -0.05) is 24.3 Å². The number of amides is 1. The molecule has 3 heterocycles. The number of hydrogen-bond donors (Lipinski definition) is 4. The van der Waals surface area contributed by atoms with Gasteiger partial charge in [-0.2, -0.15) is 4.98 Å². The molecule has 1 aliphatic heterocycles. The maximum atomic E-state index is 13.2. The number of halogens is 1. The smallest absolute Gasteiger partial charge is 0.245 e. The molecule has 4 N–H and O–H groups in total. The molecule has 0 bridgehead atoms. The molecule has 0 aliphatic carbocycles. The number of ether oxygens (including phenoxy) is 1. The summed E-state index contributed by atoms with van der Waals surface area (Å²) in [6, 6.07) is 16.9. The van der Waals surface area contributed by atoms with Gasteiger partial charge in [0.15, 0.2) is 5.52 Å². The first-order valence-corrected chi connectivity index (χ1v) is 12.1. The van der Waals surface area contributed by atoms with Crippen LogP contribution in [-0.2, 0) is 11.3 Å². The van der Waals surface area contributed by atoms with Crippen LogP contribution in [0, 0.1) is 5.82 Å². The lowest BCUT2D eigenvalue weighted by atomic mass is 10.1. The molecule has 9 nitrogen and oxygen atoms in total. The van der Waals surface area contributed by atoms with Gasteiger partial charge in [-0.3, -0.25) is 4.79 Å². The van der Waals surface area contributed by atoms with E-state index in [-0.39, 0.29) is 11.7 Å². The van der Waals surface area contributed by atoms with Gasteiger partial charge in [0.05, 0.1) is 30.0 Å². The first-order chi connectivity index (χ1) is 18.0. The number of carbonyl (C=O) groups is 1. The van der Waals surface area contributed by atoms with Gasteiger partial charge in [0.1, 0.15) is 5.82 Å². The number of carbonyl (C=O) groups excluding carboxylic acids is 1. The molecule has 2 atom stereocenters. The summed E-state index contributed by atoms with van der Waals surface area (Å²) in [6.45, 7) is 3.14. The van der Waals surface area contributed by atoms with E-state index in [4.69, 9.17) is 9.72 Å². The van der Waals surface area contributed by atoms with Gasteiger partial charge < -0.3 is 25.8 Å². The molecule has 0 spiro atoms. The molecule has 4 aromatic rings. The van der Waals surface area contributed by atoms with E-state index in [1.807, 2.05) is 43.3 Å². The molecule has 0 saturated carbocycles. The summed E-state index contributed by atoms with van der Waals surface area (Å²) in [4.78, 5) is 26.2. The number of nitrogens with one attached hydrogen (secondary N) is 3. The van der Waals surface area contributed by atoms with E-state index in [0.29, 0.717) is 60.4 Å². The lowest BCUT2D eigenvalue weighted by Gasteiger charge is -2.12. The zero-order valence-corrected chi connectivity index (χ0v) is 20.2. The predicted molar refractivity (Wildman–Crippen MR) is 139 cm³/mol. The molecule has 1 saturated heterocycles. The highest BCUT2D eigenvalue weighted by atomic mass is 19.1. The van der Waals surface area contributed by atoms with Crippen LogP contribution in [-0.4, -0.2) is 51.3 Å². The molecule has 1 fully saturated rings.